The van der Waals surface area contributed by atoms with Crippen molar-refractivity contribution in [2.45, 2.75) is 6.54 Å². The zero-order valence-electron chi connectivity index (χ0n) is 7.74. The summed E-state index contributed by atoms with van der Waals surface area (Å²) in [5.41, 5.74) is 7.88. The summed E-state index contributed by atoms with van der Waals surface area (Å²) in [5.74, 6) is -0.412. The number of nitrogens with two attached hydrogens (primary N) is 1. The number of methoxy groups -OCH3 is 1. The van der Waals surface area contributed by atoms with Crippen molar-refractivity contribution in [2.24, 2.45) is 0 Å². The zero-order chi connectivity index (χ0) is 10.6. The van der Waals surface area contributed by atoms with Crippen LogP contribution in [0, 0.1) is 0 Å². The number of carbonyl (C=O) groups is 1. The van der Waals surface area contributed by atoms with Gasteiger partial charge in [-0.3, -0.25) is 0 Å². The number of halogens is 1. The van der Waals surface area contributed by atoms with Crippen LogP contribution in [0.25, 0.3) is 0 Å². The molecule has 0 saturated heterocycles. The van der Waals surface area contributed by atoms with Crippen LogP contribution in [-0.4, -0.2) is 17.6 Å². The van der Waals surface area contributed by atoms with Gasteiger partial charge in [0.15, 0.2) is 0 Å². The lowest BCUT2D eigenvalue weighted by atomic mass is 10.4. The molecule has 0 atom stereocenters. The molecular weight excluding hydrogens is 204 g/mol. The first-order valence-electron chi connectivity index (χ1n) is 3.98. The third-order valence-electron chi connectivity index (χ3n) is 1.70. The number of allylic oxidation sites excluding steroid dienone is 1. The molecule has 0 radical (unpaired) electrons. The van der Waals surface area contributed by atoms with Gasteiger partial charge in [-0.05, 0) is 6.07 Å². The van der Waals surface area contributed by atoms with Crippen molar-refractivity contribution in [1.82, 2.24) is 4.57 Å². The molecule has 0 unspecified atom stereocenters. The lowest BCUT2D eigenvalue weighted by Crippen LogP contribution is -2.08. The molecule has 0 aromatic carbocycles. The number of anilines is 1. The lowest BCUT2D eigenvalue weighted by molar-refractivity contribution is 0.0589. The Balaban J connectivity index is 2.96. The summed E-state index contributed by atoms with van der Waals surface area (Å²) < 4.78 is 6.26. The van der Waals surface area contributed by atoms with Crippen molar-refractivity contribution in [3.63, 3.8) is 0 Å². The molecule has 14 heavy (non-hydrogen) atoms. The van der Waals surface area contributed by atoms with Crippen LogP contribution < -0.4 is 5.73 Å². The summed E-state index contributed by atoms with van der Waals surface area (Å²) in [6.07, 6.45) is 3.36. The molecule has 2 N–H and O–H groups in total. The normalized spacial score (nSPS) is 10.7. The van der Waals surface area contributed by atoms with E-state index in [1.165, 1.54) is 12.6 Å². The maximum Gasteiger partial charge on any atom is 0.354 e. The first-order valence-corrected chi connectivity index (χ1v) is 4.42. The van der Waals surface area contributed by atoms with Crippen molar-refractivity contribution in [3.05, 3.63) is 29.6 Å². The van der Waals surface area contributed by atoms with E-state index in [4.69, 9.17) is 17.3 Å². The molecular formula is C9H11ClN2O2. The van der Waals surface area contributed by atoms with Gasteiger partial charge < -0.3 is 15.0 Å². The molecule has 1 rings (SSSR count). The van der Waals surface area contributed by atoms with E-state index < -0.39 is 5.97 Å². The van der Waals surface area contributed by atoms with E-state index in [1.54, 1.807) is 22.9 Å². The minimum absolute atomic E-state index is 0.412. The second kappa shape index (κ2) is 4.72. The Bertz CT molecular complexity index is 358. The number of carbonyl (C=O) groups excluding carboxylic acids is 1. The average Bonchev–Trinajstić information content (AvgIpc) is 2.55. The van der Waals surface area contributed by atoms with Crippen molar-refractivity contribution in [1.29, 1.82) is 0 Å². The largest absolute Gasteiger partial charge is 0.464 e. The molecule has 0 saturated carbocycles. The third kappa shape index (κ3) is 2.29. The Morgan fingerprint density at radius 1 is 1.79 bits per heavy atom. The zero-order valence-corrected chi connectivity index (χ0v) is 8.49. The molecule has 0 amide bonds. The fourth-order valence-corrected chi connectivity index (χ4v) is 1.19. The van der Waals surface area contributed by atoms with Gasteiger partial charge in [0.25, 0.3) is 0 Å². The summed E-state index contributed by atoms with van der Waals surface area (Å²) >= 11 is 5.38. The molecule has 0 fully saturated rings. The second-order valence-electron chi connectivity index (χ2n) is 2.66. The highest BCUT2D eigenvalue weighted by atomic mass is 35.5. The van der Waals surface area contributed by atoms with Gasteiger partial charge in [0.05, 0.1) is 12.8 Å². The van der Waals surface area contributed by atoms with Crippen molar-refractivity contribution >= 4 is 23.3 Å². The Morgan fingerprint density at radius 3 is 3.07 bits per heavy atom. The number of esters is 1. The standard InChI is InChI=1S/C9H11ClN2O2/c1-14-9(13)8-5-7(11)6-12(8)4-2-3-10/h2-3,5-6H,4,11H2,1H3/b3-2+. The van der Waals surface area contributed by atoms with Crippen LogP contribution in [0.3, 0.4) is 0 Å². The Hall–Kier alpha value is -1.42. The highest BCUT2D eigenvalue weighted by molar-refractivity contribution is 6.25. The maximum absolute atomic E-state index is 11.3. The van der Waals surface area contributed by atoms with Crippen LogP contribution in [-0.2, 0) is 11.3 Å². The van der Waals surface area contributed by atoms with E-state index in [0.29, 0.717) is 17.9 Å². The predicted molar refractivity (Wildman–Crippen MR) is 55.2 cm³/mol. The quantitative estimate of drug-likeness (QED) is 0.778. The first-order chi connectivity index (χ1) is 6.69. The van der Waals surface area contributed by atoms with Crippen molar-refractivity contribution in [2.75, 3.05) is 12.8 Å². The summed E-state index contributed by atoms with van der Waals surface area (Å²) in [7, 11) is 1.33. The summed E-state index contributed by atoms with van der Waals surface area (Å²) in [6, 6.07) is 1.56. The smallest absolute Gasteiger partial charge is 0.354 e. The Kier molecular flexibility index (Phi) is 3.59. The molecule has 1 aromatic rings. The van der Waals surface area contributed by atoms with Crippen LogP contribution in [0.15, 0.2) is 23.9 Å². The van der Waals surface area contributed by atoms with Gasteiger partial charge in [0.1, 0.15) is 5.69 Å². The van der Waals surface area contributed by atoms with E-state index in [0.717, 1.165) is 0 Å². The number of hydrogen-bond acceptors (Lipinski definition) is 3. The molecule has 76 valence electrons. The van der Waals surface area contributed by atoms with E-state index in [2.05, 4.69) is 4.74 Å². The minimum Gasteiger partial charge on any atom is -0.464 e. The van der Waals surface area contributed by atoms with E-state index in [9.17, 15) is 4.79 Å². The highest BCUT2D eigenvalue weighted by Crippen LogP contribution is 2.11. The molecule has 4 nitrogen and oxygen atoms in total. The maximum atomic E-state index is 11.3. The Morgan fingerprint density at radius 2 is 2.50 bits per heavy atom. The van der Waals surface area contributed by atoms with Crippen molar-refractivity contribution < 1.29 is 9.53 Å². The van der Waals surface area contributed by atoms with Gasteiger partial charge >= 0.3 is 5.97 Å². The molecule has 0 aliphatic rings. The lowest BCUT2D eigenvalue weighted by Gasteiger charge is -2.03. The number of ether oxygens (including phenoxy) is 1. The monoisotopic (exact) mass is 214 g/mol. The molecule has 0 aliphatic heterocycles. The van der Waals surface area contributed by atoms with Crippen LogP contribution in [0.2, 0.25) is 0 Å². The molecule has 1 aromatic heterocycles. The predicted octanol–water partition coefficient (Wildman–Crippen LogP) is 1.61. The summed E-state index contributed by atoms with van der Waals surface area (Å²) in [5, 5.41) is 0. The average molecular weight is 215 g/mol. The number of aromatic nitrogens is 1. The van der Waals surface area contributed by atoms with Crippen LogP contribution >= 0.6 is 11.6 Å². The van der Waals surface area contributed by atoms with E-state index in [1.807, 2.05) is 0 Å². The molecule has 1 heterocycles. The summed E-state index contributed by atoms with van der Waals surface area (Å²) in [6.45, 7) is 0.491. The van der Waals surface area contributed by atoms with Crippen LogP contribution in [0.5, 0.6) is 0 Å². The van der Waals surface area contributed by atoms with Gasteiger partial charge in [-0.15, -0.1) is 0 Å². The highest BCUT2D eigenvalue weighted by Gasteiger charge is 2.11. The van der Waals surface area contributed by atoms with Gasteiger partial charge in [0.2, 0.25) is 0 Å². The van der Waals surface area contributed by atoms with Gasteiger partial charge in [-0.25, -0.2) is 4.79 Å². The second-order valence-corrected chi connectivity index (χ2v) is 2.92. The number of rotatable bonds is 3. The molecule has 0 aliphatic carbocycles. The fraction of sp³-hybridized carbons (Fsp3) is 0.222. The summed E-state index contributed by atoms with van der Waals surface area (Å²) in [4.78, 5) is 11.3. The molecule has 0 spiro atoms. The van der Waals surface area contributed by atoms with Crippen molar-refractivity contribution in [3.8, 4) is 0 Å². The third-order valence-corrected chi connectivity index (χ3v) is 1.88. The van der Waals surface area contributed by atoms with Gasteiger partial charge in [-0.1, -0.05) is 17.7 Å². The topological polar surface area (TPSA) is 57.2 Å². The van der Waals surface area contributed by atoms with E-state index >= 15 is 0 Å². The molecule has 0 bridgehead atoms. The first kappa shape index (κ1) is 10.7. The Labute approximate surface area is 86.9 Å². The number of hydrogen-bond donors (Lipinski definition) is 1. The van der Waals surface area contributed by atoms with Gasteiger partial charge in [0, 0.05) is 18.3 Å². The number of nitrogens with zero attached hydrogens (tertiary/aromatic N) is 1. The molecule has 5 heteroatoms. The minimum atomic E-state index is -0.412. The van der Waals surface area contributed by atoms with Gasteiger partial charge in [-0.2, -0.15) is 0 Å². The number of nitrogen functional groups attached to an aromatic ring is 1. The van der Waals surface area contributed by atoms with E-state index in [-0.39, 0.29) is 0 Å². The van der Waals surface area contributed by atoms with Crippen LogP contribution in [0.4, 0.5) is 5.69 Å². The SMILES string of the molecule is COC(=O)c1cc(N)cn1C/C=C/Cl. The van der Waals surface area contributed by atoms with Crippen LogP contribution in [0.1, 0.15) is 10.5 Å². The fourth-order valence-electron chi connectivity index (χ4n) is 1.11.